The molecule has 1 aliphatic heterocycles. The van der Waals surface area contributed by atoms with Crippen molar-refractivity contribution < 1.29 is 9.53 Å². The minimum atomic E-state index is -0.404. The van der Waals surface area contributed by atoms with E-state index in [0.717, 1.165) is 25.9 Å². The Morgan fingerprint density at radius 2 is 2.25 bits per heavy atom. The Morgan fingerprint density at radius 3 is 2.75 bits per heavy atom. The molecule has 0 aromatic heterocycles. The summed E-state index contributed by atoms with van der Waals surface area (Å²) in [5.74, 6) is 0.387. The lowest BCUT2D eigenvalue weighted by atomic mass is 9.94. The highest BCUT2D eigenvalue weighted by Gasteiger charge is 2.30. The van der Waals surface area contributed by atoms with E-state index >= 15 is 0 Å². The van der Waals surface area contributed by atoms with Crippen molar-refractivity contribution in [2.24, 2.45) is 11.7 Å². The van der Waals surface area contributed by atoms with Crippen molar-refractivity contribution in [3.8, 4) is 0 Å². The molecule has 94 valence electrons. The van der Waals surface area contributed by atoms with E-state index in [2.05, 4.69) is 19.2 Å². The van der Waals surface area contributed by atoms with Crippen molar-refractivity contribution in [1.29, 1.82) is 0 Å². The van der Waals surface area contributed by atoms with E-state index in [1.807, 2.05) is 6.92 Å². The Morgan fingerprint density at radius 1 is 1.56 bits per heavy atom. The highest BCUT2D eigenvalue weighted by Crippen LogP contribution is 2.18. The van der Waals surface area contributed by atoms with Crippen LogP contribution < -0.4 is 11.1 Å². The highest BCUT2D eigenvalue weighted by molar-refractivity contribution is 5.82. The smallest absolute Gasteiger partial charge is 0.237 e. The Labute approximate surface area is 97.9 Å². The van der Waals surface area contributed by atoms with E-state index < -0.39 is 6.04 Å². The van der Waals surface area contributed by atoms with E-state index in [-0.39, 0.29) is 11.4 Å². The summed E-state index contributed by atoms with van der Waals surface area (Å²) in [6.45, 7) is 7.54. The average Bonchev–Trinajstić information content (AvgIpc) is 2.16. The lowest BCUT2D eigenvalue weighted by Crippen LogP contribution is -2.56. The second-order valence-electron chi connectivity index (χ2n) is 5.44. The molecule has 4 nitrogen and oxygen atoms in total. The minimum absolute atomic E-state index is 0.0540. The van der Waals surface area contributed by atoms with Gasteiger partial charge in [0.25, 0.3) is 0 Å². The zero-order chi connectivity index (χ0) is 12.2. The van der Waals surface area contributed by atoms with Gasteiger partial charge in [0.05, 0.1) is 18.2 Å². The maximum atomic E-state index is 11.9. The van der Waals surface area contributed by atoms with Crippen molar-refractivity contribution >= 4 is 5.91 Å². The summed E-state index contributed by atoms with van der Waals surface area (Å²) < 4.78 is 5.39. The fraction of sp³-hybridized carbons (Fsp3) is 0.917. The molecule has 0 saturated carbocycles. The van der Waals surface area contributed by atoms with Crippen LogP contribution in [0.4, 0.5) is 0 Å². The summed E-state index contributed by atoms with van der Waals surface area (Å²) >= 11 is 0. The van der Waals surface area contributed by atoms with Crippen molar-refractivity contribution in [3.05, 3.63) is 0 Å². The van der Waals surface area contributed by atoms with Crippen molar-refractivity contribution in [2.75, 3.05) is 13.2 Å². The van der Waals surface area contributed by atoms with Crippen molar-refractivity contribution in [3.63, 3.8) is 0 Å². The van der Waals surface area contributed by atoms with E-state index in [0.29, 0.717) is 12.5 Å². The largest absolute Gasteiger partial charge is 0.379 e. The maximum Gasteiger partial charge on any atom is 0.237 e. The van der Waals surface area contributed by atoms with E-state index in [9.17, 15) is 4.79 Å². The molecule has 0 spiro atoms. The third-order valence-corrected chi connectivity index (χ3v) is 2.92. The highest BCUT2D eigenvalue weighted by atomic mass is 16.5. The van der Waals surface area contributed by atoms with Gasteiger partial charge in [0, 0.05) is 6.61 Å². The van der Waals surface area contributed by atoms with E-state index in [4.69, 9.17) is 10.5 Å². The lowest BCUT2D eigenvalue weighted by Gasteiger charge is -2.35. The standard InChI is InChI=1S/C12H24N2O2/c1-9(2)7-10(13)11(15)14-12(3)5-4-6-16-8-12/h9-10H,4-8,13H2,1-3H3,(H,14,15). The Balaban J connectivity index is 2.43. The lowest BCUT2D eigenvalue weighted by molar-refractivity contribution is -0.126. The quantitative estimate of drug-likeness (QED) is 0.756. The molecule has 1 heterocycles. The van der Waals surface area contributed by atoms with Crippen LogP contribution in [-0.4, -0.2) is 30.7 Å². The summed E-state index contributed by atoms with van der Waals surface area (Å²) in [5.41, 5.74) is 5.61. The second-order valence-corrected chi connectivity index (χ2v) is 5.44. The maximum absolute atomic E-state index is 11.9. The molecule has 0 aliphatic carbocycles. The molecule has 0 aromatic carbocycles. The first kappa shape index (κ1) is 13.5. The number of nitrogens with one attached hydrogen (secondary N) is 1. The van der Waals surface area contributed by atoms with Gasteiger partial charge >= 0.3 is 0 Å². The molecule has 1 saturated heterocycles. The number of ether oxygens (including phenoxy) is 1. The van der Waals surface area contributed by atoms with Crippen LogP contribution in [0.1, 0.15) is 40.0 Å². The van der Waals surface area contributed by atoms with Gasteiger partial charge in [-0.3, -0.25) is 4.79 Å². The monoisotopic (exact) mass is 228 g/mol. The van der Waals surface area contributed by atoms with Gasteiger partial charge in [0.2, 0.25) is 5.91 Å². The van der Waals surface area contributed by atoms with Crippen LogP contribution in [0.2, 0.25) is 0 Å². The summed E-state index contributed by atoms with van der Waals surface area (Å²) in [7, 11) is 0. The molecule has 2 unspecified atom stereocenters. The number of carbonyl (C=O) groups excluding carboxylic acids is 1. The molecule has 0 radical (unpaired) electrons. The molecule has 0 aromatic rings. The summed E-state index contributed by atoms with van der Waals surface area (Å²) in [5, 5.41) is 3.01. The van der Waals surface area contributed by atoms with Gasteiger partial charge in [0.15, 0.2) is 0 Å². The molecule has 0 bridgehead atoms. The van der Waals surface area contributed by atoms with Crippen LogP contribution >= 0.6 is 0 Å². The van der Waals surface area contributed by atoms with Crippen molar-refractivity contribution in [1.82, 2.24) is 5.32 Å². The zero-order valence-electron chi connectivity index (χ0n) is 10.6. The third kappa shape index (κ3) is 4.10. The predicted molar refractivity (Wildman–Crippen MR) is 64.0 cm³/mol. The summed E-state index contributed by atoms with van der Waals surface area (Å²) in [4.78, 5) is 11.9. The number of rotatable bonds is 4. The SMILES string of the molecule is CC(C)CC(N)C(=O)NC1(C)CCCOC1. The predicted octanol–water partition coefficient (Wildman–Crippen LogP) is 1.05. The molecule has 4 heteroatoms. The molecule has 2 atom stereocenters. The third-order valence-electron chi connectivity index (χ3n) is 2.92. The van der Waals surface area contributed by atoms with E-state index in [1.54, 1.807) is 0 Å². The molecule has 16 heavy (non-hydrogen) atoms. The number of carbonyl (C=O) groups is 1. The molecular formula is C12H24N2O2. The number of hydrogen-bond donors (Lipinski definition) is 2. The number of nitrogens with two attached hydrogens (primary N) is 1. The van der Waals surface area contributed by atoms with Gasteiger partial charge in [-0.25, -0.2) is 0 Å². The molecule has 1 fully saturated rings. The van der Waals surface area contributed by atoms with Gasteiger partial charge in [-0.2, -0.15) is 0 Å². The number of hydrogen-bond acceptors (Lipinski definition) is 3. The first-order valence-electron chi connectivity index (χ1n) is 6.08. The molecule has 3 N–H and O–H groups in total. The molecule has 1 amide bonds. The fourth-order valence-electron chi connectivity index (χ4n) is 2.04. The normalized spacial score (nSPS) is 27.8. The van der Waals surface area contributed by atoms with Crippen molar-refractivity contribution in [2.45, 2.75) is 51.6 Å². The average molecular weight is 228 g/mol. The van der Waals surface area contributed by atoms with Gasteiger partial charge in [0.1, 0.15) is 0 Å². The van der Waals surface area contributed by atoms with Gasteiger partial charge in [-0.05, 0) is 32.1 Å². The van der Waals surface area contributed by atoms with Gasteiger partial charge < -0.3 is 15.8 Å². The van der Waals surface area contributed by atoms with Gasteiger partial charge in [-0.15, -0.1) is 0 Å². The number of amides is 1. The van der Waals surface area contributed by atoms with Gasteiger partial charge in [-0.1, -0.05) is 13.8 Å². The molecular weight excluding hydrogens is 204 g/mol. The second kappa shape index (κ2) is 5.64. The summed E-state index contributed by atoms with van der Waals surface area (Å²) in [6.07, 6.45) is 2.69. The first-order chi connectivity index (χ1) is 7.43. The fourth-order valence-corrected chi connectivity index (χ4v) is 2.04. The Kier molecular flexibility index (Phi) is 4.74. The van der Waals surface area contributed by atoms with Crippen LogP contribution in [0.25, 0.3) is 0 Å². The Hall–Kier alpha value is -0.610. The zero-order valence-corrected chi connectivity index (χ0v) is 10.6. The van der Waals surface area contributed by atoms with Crippen LogP contribution in [0.3, 0.4) is 0 Å². The van der Waals surface area contributed by atoms with Crippen LogP contribution in [0.5, 0.6) is 0 Å². The van der Waals surface area contributed by atoms with Crippen LogP contribution in [-0.2, 0) is 9.53 Å². The summed E-state index contributed by atoms with van der Waals surface area (Å²) in [6, 6.07) is -0.404. The Bertz CT molecular complexity index is 235. The first-order valence-corrected chi connectivity index (χ1v) is 6.08. The molecule has 1 aliphatic rings. The van der Waals surface area contributed by atoms with E-state index in [1.165, 1.54) is 0 Å². The van der Waals surface area contributed by atoms with Crippen LogP contribution in [0.15, 0.2) is 0 Å². The minimum Gasteiger partial charge on any atom is -0.379 e. The molecule has 1 rings (SSSR count). The van der Waals surface area contributed by atoms with Crippen LogP contribution in [0, 0.1) is 5.92 Å². The topological polar surface area (TPSA) is 64.4 Å².